The van der Waals surface area contributed by atoms with Crippen LogP contribution in [0.1, 0.15) is 36.7 Å². The molecular weight excluding hydrogens is 176 g/mol. The van der Waals surface area contributed by atoms with Gasteiger partial charge in [0.25, 0.3) is 0 Å². The standard InChI is InChI=1S/C12H16O2/c1-8(2)14-12-7-9(3)5-6-11(12)10(4)13/h5-8H,1-4H3. The summed E-state index contributed by atoms with van der Waals surface area (Å²) in [5.41, 5.74) is 1.76. The van der Waals surface area contributed by atoms with Crippen LogP contribution in [0.3, 0.4) is 0 Å². The van der Waals surface area contributed by atoms with E-state index in [0.29, 0.717) is 11.3 Å². The molecule has 2 nitrogen and oxygen atoms in total. The predicted molar refractivity (Wildman–Crippen MR) is 56.9 cm³/mol. The second-order valence-corrected chi connectivity index (χ2v) is 3.72. The Balaban J connectivity index is 3.09. The van der Waals surface area contributed by atoms with Gasteiger partial charge in [-0.1, -0.05) is 6.07 Å². The van der Waals surface area contributed by atoms with Crippen LogP contribution in [0.2, 0.25) is 0 Å². The second-order valence-electron chi connectivity index (χ2n) is 3.72. The van der Waals surface area contributed by atoms with Crippen LogP contribution in [0.4, 0.5) is 0 Å². The number of carbonyl (C=O) groups is 1. The molecule has 0 atom stereocenters. The highest BCUT2D eigenvalue weighted by Crippen LogP contribution is 2.21. The van der Waals surface area contributed by atoms with E-state index in [2.05, 4.69) is 0 Å². The van der Waals surface area contributed by atoms with Crippen LogP contribution in [0, 0.1) is 6.92 Å². The molecule has 0 bridgehead atoms. The molecule has 0 unspecified atom stereocenters. The maximum atomic E-state index is 11.3. The van der Waals surface area contributed by atoms with Crippen molar-refractivity contribution in [2.45, 2.75) is 33.8 Å². The third-order valence-corrected chi connectivity index (χ3v) is 1.88. The fourth-order valence-corrected chi connectivity index (χ4v) is 1.27. The molecule has 0 radical (unpaired) electrons. The minimum Gasteiger partial charge on any atom is -0.490 e. The number of hydrogen-bond donors (Lipinski definition) is 0. The summed E-state index contributed by atoms with van der Waals surface area (Å²) in [7, 11) is 0. The van der Waals surface area contributed by atoms with Crippen LogP contribution in [0.5, 0.6) is 5.75 Å². The van der Waals surface area contributed by atoms with Gasteiger partial charge in [0.05, 0.1) is 11.7 Å². The minimum absolute atomic E-state index is 0.0423. The lowest BCUT2D eigenvalue weighted by molar-refractivity contribution is 0.101. The zero-order valence-corrected chi connectivity index (χ0v) is 9.13. The van der Waals surface area contributed by atoms with Gasteiger partial charge in [0.15, 0.2) is 5.78 Å². The summed E-state index contributed by atoms with van der Waals surface area (Å²) in [6, 6.07) is 5.63. The zero-order valence-electron chi connectivity index (χ0n) is 9.13. The number of ether oxygens (including phenoxy) is 1. The van der Waals surface area contributed by atoms with E-state index < -0.39 is 0 Å². The van der Waals surface area contributed by atoms with Crippen molar-refractivity contribution in [1.29, 1.82) is 0 Å². The van der Waals surface area contributed by atoms with Crippen molar-refractivity contribution in [3.63, 3.8) is 0 Å². The first-order valence-corrected chi connectivity index (χ1v) is 4.79. The normalized spacial score (nSPS) is 10.4. The second kappa shape index (κ2) is 4.27. The molecule has 0 aliphatic carbocycles. The lowest BCUT2D eigenvalue weighted by Crippen LogP contribution is -2.09. The molecule has 0 aromatic heterocycles. The molecule has 14 heavy (non-hydrogen) atoms. The third kappa shape index (κ3) is 2.59. The zero-order chi connectivity index (χ0) is 10.7. The fourth-order valence-electron chi connectivity index (χ4n) is 1.27. The van der Waals surface area contributed by atoms with Gasteiger partial charge in [-0.2, -0.15) is 0 Å². The Morgan fingerprint density at radius 2 is 2.00 bits per heavy atom. The van der Waals surface area contributed by atoms with E-state index in [1.165, 1.54) is 0 Å². The summed E-state index contributed by atoms with van der Waals surface area (Å²) < 4.78 is 5.57. The van der Waals surface area contributed by atoms with Gasteiger partial charge in [-0.05, 0) is 45.4 Å². The molecule has 0 saturated heterocycles. The van der Waals surface area contributed by atoms with Crippen LogP contribution in [0.25, 0.3) is 0 Å². The molecule has 2 heteroatoms. The molecule has 1 rings (SSSR count). The first kappa shape index (κ1) is 10.8. The molecule has 1 aromatic rings. The maximum absolute atomic E-state index is 11.3. The first-order chi connectivity index (χ1) is 6.50. The lowest BCUT2D eigenvalue weighted by atomic mass is 10.1. The summed E-state index contributed by atoms with van der Waals surface area (Å²) >= 11 is 0. The third-order valence-electron chi connectivity index (χ3n) is 1.88. The molecule has 0 saturated carbocycles. The van der Waals surface area contributed by atoms with E-state index in [-0.39, 0.29) is 11.9 Å². The van der Waals surface area contributed by atoms with E-state index in [1.54, 1.807) is 6.92 Å². The largest absolute Gasteiger partial charge is 0.490 e. The molecule has 0 aliphatic rings. The van der Waals surface area contributed by atoms with Crippen LogP contribution >= 0.6 is 0 Å². The lowest BCUT2D eigenvalue weighted by Gasteiger charge is -2.13. The van der Waals surface area contributed by atoms with E-state index in [9.17, 15) is 4.79 Å². The number of carbonyl (C=O) groups excluding carboxylic acids is 1. The van der Waals surface area contributed by atoms with Gasteiger partial charge in [0.1, 0.15) is 5.75 Å². The monoisotopic (exact) mass is 192 g/mol. The Labute approximate surface area is 84.9 Å². The molecule has 1 aromatic carbocycles. The van der Waals surface area contributed by atoms with Crippen molar-refractivity contribution < 1.29 is 9.53 Å². The van der Waals surface area contributed by atoms with Crippen molar-refractivity contribution in [2.24, 2.45) is 0 Å². The van der Waals surface area contributed by atoms with Crippen LogP contribution in [-0.4, -0.2) is 11.9 Å². The molecule has 0 heterocycles. The molecule has 0 amide bonds. The Hall–Kier alpha value is -1.31. The number of rotatable bonds is 3. The number of ketones is 1. The van der Waals surface area contributed by atoms with Gasteiger partial charge in [-0.25, -0.2) is 0 Å². The van der Waals surface area contributed by atoms with Crippen molar-refractivity contribution in [3.05, 3.63) is 29.3 Å². The van der Waals surface area contributed by atoms with Crippen LogP contribution in [-0.2, 0) is 0 Å². The Morgan fingerprint density at radius 1 is 1.36 bits per heavy atom. The van der Waals surface area contributed by atoms with Crippen molar-refractivity contribution in [3.8, 4) is 5.75 Å². The van der Waals surface area contributed by atoms with Crippen molar-refractivity contribution >= 4 is 5.78 Å². The average molecular weight is 192 g/mol. The van der Waals surface area contributed by atoms with E-state index in [0.717, 1.165) is 5.56 Å². The Kier molecular flexibility index (Phi) is 3.28. The van der Waals surface area contributed by atoms with Gasteiger partial charge in [-0.3, -0.25) is 4.79 Å². The summed E-state index contributed by atoms with van der Waals surface area (Å²) in [6.45, 7) is 7.44. The van der Waals surface area contributed by atoms with Crippen molar-refractivity contribution in [1.82, 2.24) is 0 Å². The molecule has 76 valence electrons. The van der Waals surface area contributed by atoms with Gasteiger partial charge >= 0.3 is 0 Å². The molecule has 0 spiro atoms. The average Bonchev–Trinajstić information content (AvgIpc) is 2.01. The first-order valence-electron chi connectivity index (χ1n) is 4.79. The van der Waals surface area contributed by atoms with E-state index in [1.807, 2.05) is 39.0 Å². The fraction of sp³-hybridized carbons (Fsp3) is 0.417. The van der Waals surface area contributed by atoms with Gasteiger partial charge in [-0.15, -0.1) is 0 Å². The summed E-state index contributed by atoms with van der Waals surface area (Å²) in [4.78, 5) is 11.3. The maximum Gasteiger partial charge on any atom is 0.163 e. The highest BCUT2D eigenvalue weighted by Gasteiger charge is 2.09. The quantitative estimate of drug-likeness (QED) is 0.688. The van der Waals surface area contributed by atoms with Crippen LogP contribution in [0.15, 0.2) is 18.2 Å². The molecule has 0 aliphatic heterocycles. The molecule has 0 fully saturated rings. The predicted octanol–water partition coefficient (Wildman–Crippen LogP) is 2.98. The SMILES string of the molecule is CC(=O)c1ccc(C)cc1OC(C)C. The minimum atomic E-state index is 0.0423. The number of hydrogen-bond acceptors (Lipinski definition) is 2. The highest BCUT2D eigenvalue weighted by molar-refractivity contribution is 5.96. The molecule has 0 N–H and O–H groups in total. The Bertz CT molecular complexity index is 340. The van der Waals surface area contributed by atoms with Gasteiger partial charge in [0, 0.05) is 0 Å². The summed E-state index contributed by atoms with van der Waals surface area (Å²) in [6.07, 6.45) is 0.0925. The van der Waals surface area contributed by atoms with Crippen molar-refractivity contribution in [2.75, 3.05) is 0 Å². The summed E-state index contributed by atoms with van der Waals surface area (Å²) in [5.74, 6) is 0.730. The topological polar surface area (TPSA) is 26.3 Å². The van der Waals surface area contributed by atoms with E-state index in [4.69, 9.17) is 4.74 Å². The smallest absolute Gasteiger partial charge is 0.163 e. The van der Waals surface area contributed by atoms with Crippen LogP contribution < -0.4 is 4.74 Å². The number of benzene rings is 1. The van der Waals surface area contributed by atoms with Gasteiger partial charge < -0.3 is 4.74 Å². The molecular formula is C12H16O2. The summed E-state index contributed by atoms with van der Waals surface area (Å²) in [5, 5.41) is 0. The number of aryl methyl sites for hydroxylation is 1. The van der Waals surface area contributed by atoms with Gasteiger partial charge in [0.2, 0.25) is 0 Å². The van der Waals surface area contributed by atoms with E-state index >= 15 is 0 Å². The number of Topliss-reactive ketones (excluding diaryl/α,β-unsaturated/α-hetero) is 1. The Morgan fingerprint density at radius 3 is 2.50 bits per heavy atom. The highest BCUT2D eigenvalue weighted by atomic mass is 16.5.